The molecule has 5 heteroatoms. The summed E-state index contributed by atoms with van der Waals surface area (Å²) >= 11 is 0. The first-order valence-corrected chi connectivity index (χ1v) is 7.38. The maximum atomic E-state index is 11.4. The van der Waals surface area contributed by atoms with E-state index < -0.39 is 9.84 Å². The Morgan fingerprint density at radius 1 is 1.00 bits per heavy atom. The molecule has 4 nitrogen and oxygen atoms in total. The molecule has 1 heterocycles. The van der Waals surface area contributed by atoms with Crippen LogP contribution in [0.4, 0.5) is 0 Å². The molecule has 0 unspecified atom stereocenters. The van der Waals surface area contributed by atoms with Gasteiger partial charge in [-0.05, 0) is 26.0 Å². The summed E-state index contributed by atoms with van der Waals surface area (Å²) in [6.45, 7) is 3.80. The Morgan fingerprint density at radius 3 is 2.11 bits per heavy atom. The highest BCUT2D eigenvalue weighted by molar-refractivity contribution is 7.90. The van der Waals surface area contributed by atoms with Crippen LogP contribution in [-0.2, 0) is 9.84 Å². The van der Waals surface area contributed by atoms with E-state index in [0.717, 1.165) is 22.6 Å². The average molecular weight is 262 g/mol. The molecule has 0 saturated carbocycles. The second-order valence-corrected chi connectivity index (χ2v) is 6.24. The molecule has 0 atom stereocenters. The van der Waals surface area contributed by atoms with Crippen LogP contribution >= 0.6 is 0 Å². The summed E-state index contributed by atoms with van der Waals surface area (Å²) < 4.78 is 22.7. The Labute approximate surface area is 107 Å². The van der Waals surface area contributed by atoms with E-state index in [1.54, 1.807) is 30.5 Å². The lowest BCUT2D eigenvalue weighted by molar-refractivity contribution is 0.602. The van der Waals surface area contributed by atoms with Crippen LogP contribution in [0.5, 0.6) is 0 Å². The van der Waals surface area contributed by atoms with Crippen molar-refractivity contribution in [3.63, 3.8) is 0 Å². The number of nitrogens with zero attached hydrogens (tertiary/aromatic N) is 2. The molecule has 0 radical (unpaired) electrons. The van der Waals surface area contributed by atoms with Crippen molar-refractivity contribution in [1.29, 1.82) is 0 Å². The van der Waals surface area contributed by atoms with Crippen LogP contribution in [0, 0.1) is 13.8 Å². The van der Waals surface area contributed by atoms with Gasteiger partial charge in [0, 0.05) is 11.8 Å². The van der Waals surface area contributed by atoms with Gasteiger partial charge in [0.25, 0.3) is 0 Å². The monoisotopic (exact) mass is 262 g/mol. The van der Waals surface area contributed by atoms with Crippen molar-refractivity contribution in [2.45, 2.75) is 18.7 Å². The fourth-order valence-electron chi connectivity index (χ4n) is 1.55. The molecule has 94 valence electrons. The molecule has 0 aliphatic rings. The minimum absolute atomic E-state index is 0.308. The van der Waals surface area contributed by atoms with Crippen molar-refractivity contribution in [2.75, 3.05) is 6.26 Å². The Balaban J connectivity index is 2.43. The molecule has 0 bridgehead atoms. The van der Waals surface area contributed by atoms with Crippen LogP contribution < -0.4 is 0 Å². The predicted octanol–water partition coefficient (Wildman–Crippen LogP) is 2.16. The quantitative estimate of drug-likeness (QED) is 0.832. The first-order chi connectivity index (χ1) is 8.38. The SMILES string of the molecule is Cc1ncc(-c2ccc(S(C)(=O)=O)cc2)nc1C. The van der Waals surface area contributed by atoms with Gasteiger partial charge in [-0.1, -0.05) is 12.1 Å². The van der Waals surface area contributed by atoms with Crippen LogP contribution in [0.2, 0.25) is 0 Å². The molecule has 1 aromatic heterocycles. The highest BCUT2D eigenvalue weighted by Gasteiger charge is 2.08. The molecule has 0 amide bonds. The first kappa shape index (κ1) is 12.7. The lowest BCUT2D eigenvalue weighted by Crippen LogP contribution is -1.97. The number of aryl methyl sites for hydroxylation is 2. The van der Waals surface area contributed by atoms with Gasteiger partial charge in [0.15, 0.2) is 9.84 Å². The normalized spacial score (nSPS) is 11.5. The predicted molar refractivity (Wildman–Crippen MR) is 70.1 cm³/mol. The second-order valence-electron chi connectivity index (χ2n) is 4.22. The molecule has 0 aliphatic heterocycles. The van der Waals surface area contributed by atoms with Gasteiger partial charge in [0.2, 0.25) is 0 Å². The lowest BCUT2D eigenvalue weighted by atomic mass is 10.1. The smallest absolute Gasteiger partial charge is 0.175 e. The molecule has 0 saturated heterocycles. The molecular weight excluding hydrogens is 248 g/mol. The Hall–Kier alpha value is -1.75. The molecule has 0 fully saturated rings. The minimum atomic E-state index is -3.15. The van der Waals surface area contributed by atoms with Gasteiger partial charge in [-0.2, -0.15) is 0 Å². The van der Waals surface area contributed by atoms with E-state index in [1.807, 2.05) is 13.8 Å². The fraction of sp³-hybridized carbons (Fsp3) is 0.231. The summed E-state index contributed by atoms with van der Waals surface area (Å²) in [7, 11) is -3.15. The third kappa shape index (κ3) is 2.56. The van der Waals surface area contributed by atoms with E-state index in [4.69, 9.17) is 0 Å². The van der Waals surface area contributed by atoms with Crippen LogP contribution in [-0.4, -0.2) is 24.6 Å². The van der Waals surface area contributed by atoms with Crippen molar-refractivity contribution in [3.8, 4) is 11.3 Å². The number of hydrogen-bond acceptors (Lipinski definition) is 4. The van der Waals surface area contributed by atoms with Gasteiger partial charge in [0.05, 0.1) is 28.2 Å². The first-order valence-electron chi connectivity index (χ1n) is 5.48. The maximum Gasteiger partial charge on any atom is 0.175 e. The Kier molecular flexibility index (Phi) is 3.17. The lowest BCUT2D eigenvalue weighted by Gasteiger charge is -2.04. The zero-order valence-electron chi connectivity index (χ0n) is 10.5. The molecule has 18 heavy (non-hydrogen) atoms. The van der Waals surface area contributed by atoms with Crippen LogP contribution in [0.25, 0.3) is 11.3 Å². The Bertz CT molecular complexity index is 677. The van der Waals surface area contributed by atoms with Gasteiger partial charge in [-0.15, -0.1) is 0 Å². The zero-order chi connectivity index (χ0) is 13.3. The van der Waals surface area contributed by atoms with Crippen LogP contribution in [0.1, 0.15) is 11.4 Å². The molecule has 1 aromatic carbocycles. The number of aromatic nitrogens is 2. The van der Waals surface area contributed by atoms with E-state index in [0.29, 0.717) is 4.90 Å². The van der Waals surface area contributed by atoms with E-state index >= 15 is 0 Å². The number of benzene rings is 1. The summed E-state index contributed by atoms with van der Waals surface area (Å²) in [6.07, 6.45) is 2.88. The summed E-state index contributed by atoms with van der Waals surface area (Å²) in [5, 5.41) is 0. The number of rotatable bonds is 2. The number of hydrogen-bond donors (Lipinski definition) is 0. The van der Waals surface area contributed by atoms with Gasteiger partial charge < -0.3 is 0 Å². The van der Waals surface area contributed by atoms with E-state index in [1.165, 1.54) is 6.26 Å². The molecule has 0 N–H and O–H groups in total. The van der Waals surface area contributed by atoms with Gasteiger partial charge in [0.1, 0.15) is 0 Å². The van der Waals surface area contributed by atoms with Gasteiger partial charge >= 0.3 is 0 Å². The summed E-state index contributed by atoms with van der Waals surface area (Å²) in [5.74, 6) is 0. The van der Waals surface area contributed by atoms with Crippen molar-refractivity contribution >= 4 is 9.84 Å². The maximum absolute atomic E-state index is 11.4. The molecule has 2 aromatic rings. The Morgan fingerprint density at radius 2 is 1.61 bits per heavy atom. The van der Waals surface area contributed by atoms with E-state index in [2.05, 4.69) is 9.97 Å². The van der Waals surface area contributed by atoms with Crippen molar-refractivity contribution in [3.05, 3.63) is 41.9 Å². The number of sulfone groups is 1. The summed E-state index contributed by atoms with van der Waals surface area (Å²) in [4.78, 5) is 8.98. The summed E-state index contributed by atoms with van der Waals surface area (Å²) in [6, 6.07) is 6.66. The van der Waals surface area contributed by atoms with Gasteiger partial charge in [-0.25, -0.2) is 13.4 Å². The molecule has 2 rings (SSSR count). The topological polar surface area (TPSA) is 59.9 Å². The van der Waals surface area contributed by atoms with E-state index in [-0.39, 0.29) is 0 Å². The zero-order valence-corrected chi connectivity index (χ0v) is 11.3. The molecular formula is C13H14N2O2S. The largest absolute Gasteiger partial charge is 0.257 e. The molecule has 0 spiro atoms. The third-order valence-corrected chi connectivity index (χ3v) is 3.90. The van der Waals surface area contributed by atoms with Crippen LogP contribution in [0.3, 0.4) is 0 Å². The standard InChI is InChI=1S/C13H14N2O2S/c1-9-10(2)15-13(8-14-9)11-4-6-12(7-5-11)18(3,16)17/h4-8H,1-3H3. The van der Waals surface area contributed by atoms with Crippen molar-refractivity contribution < 1.29 is 8.42 Å². The summed E-state index contributed by atoms with van der Waals surface area (Å²) in [5.41, 5.74) is 3.38. The van der Waals surface area contributed by atoms with Crippen molar-refractivity contribution in [2.24, 2.45) is 0 Å². The van der Waals surface area contributed by atoms with Crippen molar-refractivity contribution in [1.82, 2.24) is 9.97 Å². The highest BCUT2D eigenvalue weighted by Crippen LogP contribution is 2.19. The second kappa shape index (κ2) is 4.49. The minimum Gasteiger partial charge on any atom is -0.257 e. The third-order valence-electron chi connectivity index (χ3n) is 2.77. The van der Waals surface area contributed by atoms with Gasteiger partial charge in [-0.3, -0.25) is 4.98 Å². The fourth-order valence-corrected chi connectivity index (χ4v) is 2.18. The van der Waals surface area contributed by atoms with Crippen LogP contribution in [0.15, 0.2) is 35.4 Å². The van der Waals surface area contributed by atoms with E-state index in [9.17, 15) is 8.42 Å². The highest BCUT2D eigenvalue weighted by atomic mass is 32.2. The molecule has 0 aliphatic carbocycles. The average Bonchev–Trinajstić information content (AvgIpc) is 2.32.